The Bertz CT molecular complexity index is 612. The number of nitrogens with one attached hydrogen (secondary N) is 1. The van der Waals surface area contributed by atoms with Crippen LogP contribution in [0.15, 0.2) is 41.4 Å². The molecule has 2 saturated heterocycles. The Morgan fingerprint density at radius 2 is 2.03 bits per heavy atom. The highest BCUT2D eigenvalue weighted by Gasteiger charge is 2.19. The van der Waals surface area contributed by atoms with Gasteiger partial charge in [-0.25, -0.2) is 0 Å². The van der Waals surface area contributed by atoms with E-state index < -0.39 is 0 Å². The highest BCUT2D eigenvalue weighted by Crippen LogP contribution is 2.11. The molecule has 29 heavy (non-hydrogen) atoms. The summed E-state index contributed by atoms with van der Waals surface area (Å²) in [5.41, 5.74) is 1.26. The van der Waals surface area contributed by atoms with E-state index >= 15 is 0 Å². The summed E-state index contributed by atoms with van der Waals surface area (Å²) in [6.45, 7) is 8.13. The van der Waals surface area contributed by atoms with Crippen LogP contribution in [-0.2, 0) is 9.47 Å². The molecule has 1 aromatic carbocycles. The highest BCUT2D eigenvalue weighted by molar-refractivity contribution is 14.0. The molecule has 1 unspecified atom stereocenters. The van der Waals surface area contributed by atoms with E-state index in [9.17, 15) is 0 Å². The number of ether oxygens (including phenoxy) is 2. The van der Waals surface area contributed by atoms with Crippen molar-refractivity contribution in [3.05, 3.63) is 42.0 Å². The molecule has 0 radical (unpaired) electrons. The van der Waals surface area contributed by atoms with Gasteiger partial charge in [-0.05, 0) is 18.4 Å². The number of hydrogen-bond acceptors (Lipinski definition) is 4. The van der Waals surface area contributed by atoms with Crippen LogP contribution in [0.25, 0.3) is 6.08 Å². The molecule has 0 bridgehead atoms. The first-order valence-electron chi connectivity index (χ1n) is 10.4. The number of aliphatic imine (C=N–C) groups is 1. The Balaban J connectivity index is 0.00000300. The molecule has 1 atom stereocenters. The number of piperazine rings is 1. The van der Waals surface area contributed by atoms with Gasteiger partial charge in [-0.1, -0.05) is 42.5 Å². The zero-order valence-electron chi connectivity index (χ0n) is 17.5. The first-order valence-corrected chi connectivity index (χ1v) is 10.4. The van der Waals surface area contributed by atoms with E-state index in [4.69, 9.17) is 9.47 Å². The van der Waals surface area contributed by atoms with Gasteiger partial charge >= 0.3 is 0 Å². The monoisotopic (exact) mass is 514 g/mol. The fraction of sp³-hybridized carbons (Fsp3) is 0.591. The van der Waals surface area contributed by atoms with Crippen LogP contribution >= 0.6 is 24.0 Å². The number of nitrogens with zero attached hydrogens (tertiary/aromatic N) is 3. The van der Waals surface area contributed by atoms with Crippen molar-refractivity contribution in [1.29, 1.82) is 0 Å². The highest BCUT2D eigenvalue weighted by atomic mass is 127. The molecule has 2 aliphatic heterocycles. The minimum Gasteiger partial charge on any atom is -0.377 e. The zero-order chi connectivity index (χ0) is 19.4. The third-order valence-corrected chi connectivity index (χ3v) is 5.21. The summed E-state index contributed by atoms with van der Waals surface area (Å²) < 4.78 is 11.3. The number of hydrogen-bond donors (Lipinski definition) is 1. The van der Waals surface area contributed by atoms with Crippen LogP contribution in [0.5, 0.6) is 0 Å². The van der Waals surface area contributed by atoms with Gasteiger partial charge in [0, 0.05) is 52.9 Å². The molecule has 1 aromatic rings. The van der Waals surface area contributed by atoms with E-state index in [-0.39, 0.29) is 24.0 Å². The standard InChI is InChI=1S/C22H34N4O2.HI/c1-23-22(24-11-18-27-19-21-10-6-17-28-21)26-15-13-25(14-16-26)12-5-9-20-7-3-2-4-8-20;/h2-5,7-9,21H,6,10-19H2,1H3,(H,23,24);1H/b9-5+;. The molecule has 0 spiro atoms. The van der Waals surface area contributed by atoms with E-state index in [2.05, 4.69) is 56.5 Å². The van der Waals surface area contributed by atoms with Gasteiger partial charge in [0.05, 0.1) is 19.3 Å². The lowest BCUT2D eigenvalue weighted by molar-refractivity contribution is 0.0189. The van der Waals surface area contributed by atoms with Crippen molar-refractivity contribution in [1.82, 2.24) is 15.1 Å². The first-order chi connectivity index (χ1) is 13.8. The van der Waals surface area contributed by atoms with E-state index in [1.807, 2.05) is 13.1 Å². The molecular formula is C22H35IN4O2. The molecule has 2 fully saturated rings. The Kier molecular flexibility index (Phi) is 11.6. The van der Waals surface area contributed by atoms with Crippen LogP contribution in [0.1, 0.15) is 18.4 Å². The number of rotatable bonds is 8. The smallest absolute Gasteiger partial charge is 0.193 e. The Labute approximate surface area is 192 Å². The Morgan fingerprint density at radius 1 is 1.24 bits per heavy atom. The largest absolute Gasteiger partial charge is 0.377 e. The van der Waals surface area contributed by atoms with Crippen molar-refractivity contribution < 1.29 is 9.47 Å². The summed E-state index contributed by atoms with van der Waals surface area (Å²) in [4.78, 5) is 9.24. The third-order valence-electron chi connectivity index (χ3n) is 5.21. The van der Waals surface area contributed by atoms with Crippen molar-refractivity contribution in [2.75, 3.05) is 66.1 Å². The zero-order valence-corrected chi connectivity index (χ0v) is 19.8. The molecule has 0 amide bonds. The number of benzene rings is 1. The minimum atomic E-state index is 0. The summed E-state index contributed by atoms with van der Waals surface area (Å²) in [5, 5.41) is 3.42. The lowest BCUT2D eigenvalue weighted by Gasteiger charge is -2.36. The average molecular weight is 514 g/mol. The van der Waals surface area contributed by atoms with Gasteiger partial charge in [-0.3, -0.25) is 9.89 Å². The van der Waals surface area contributed by atoms with Crippen LogP contribution in [0.2, 0.25) is 0 Å². The second-order valence-corrected chi connectivity index (χ2v) is 7.28. The lowest BCUT2D eigenvalue weighted by atomic mass is 10.2. The second kappa shape index (κ2) is 14.0. The quantitative estimate of drug-likeness (QED) is 0.250. The maximum Gasteiger partial charge on any atom is 0.193 e. The molecule has 6 nitrogen and oxygen atoms in total. The summed E-state index contributed by atoms with van der Waals surface area (Å²) in [7, 11) is 1.85. The van der Waals surface area contributed by atoms with Gasteiger partial charge in [-0.15, -0.1) is 24.0 Å². The fourth-order valence-electron chi connectivity index (χ4n) is 3.60. The van der Waals surface area contributed by atoms with Gasteiger partial charge in [0.1, 0.15) is 0 Å². The molecule has 3 rings (SSSR count). The third kappa shape index (κ3) is 8.62. The summed E-state index contributed by atoms with van der Waals surface area (Å²) in [6, 6.07) is 10.5. The van der Waals surface area contributed by atoms with Crippen molar-refractivity contribution in [3.63, 3.8) is 0 Å². The molecule has 1 N–H and O–H groups in total. The first kappa shape index (κ1) is 24.1. The van der Waals surface area contributed by atoms with Gasteiger partial charge in [0.25, 0.3) is 0 Å². The summed E-state index contributed by atoms with van der Waals surface area (Å²) in [6.07, 6.45) is 7.03. The second-order valence-electron chi connectivity index (χ2n) is 7.28. The normalized spacial score (nSPS) is 20.8. The number of guanidine groups is 1. The van der Waals surface area contributed by atoms with E-state index in [0.717, 1.165) is 64.7 Å². The van der Waals surface area contributed by atoms with Gasteiger partial charge < -0.3 is 19.7 Å². The minimum absolute atomic E-state index is 0. The van der Waals surface area contributed by atoms with Crippen LogP contribution in [0.3, 0.4) is 0 Å². The predicted molar refractivity (Wildman–Crippen MR) is 130 cm³/mol. The van der Waals surface area contributed by atoms with Crippen molar-refractivity contribution in [2.45, 2.75) is 18.9 Å². The van der Waals surface area contributed by atoms with Crippen molar-refractivity contribution in [2.24, 2.45) is 4.99 Å². The Morgan fingerprint density at radius 3 is 2.72 bits per heavy atom. The number of halogens is 1. The van der Waals surface area contributed by atoms with Gasteiger partial charge in [0.15, 0.2) is 5.96 Å². The van der Waals surface area contributed by atoms with E-state index in [1.54, 1.807) is 0 Å². The molecule has 7 heteroatoms. The average Bonchev–Trinajstić information content (AvgIpc) is 3.26. The van der Waals surface area contributed by atoms with E-state index in [0.29, 0.717) is 19.3 Å². The molecule has 2 heterocycles. The van der Waals surface area contributed by atoms with Crippen LogP contribution < -0.4 is 5.32 Å². The molecule has 2 aliphatic rings. The van der Waals surface area contributed by atoms with Gasteiger partial charge in [-0.2, -0.15) is 0 Å². The molecule has 0 saturated carbocycles. The maximum absolute atomic E-state index is 5.72. The van der Waals surface area contributed by atoms with Gasteiger partial charge in [0.2, 0.25) is 0 Å². The SMILES string of the molecule is CN=C(NCCOCC1CCCO1)N1CCN(C/C=C/c2ccccc2)CC1.I. The molecule has 162 valence electrons. The van der Waals surface area contributed by atoms with E-state index in [1.165, 1.54) is 5.56 Å². The summed E-state index contributed by atoms with van der Waals surface area (Å²) >= 11 is 0. The topological polar surface area (TPSA) is 49.3 Å². The Hall–Kier alpha value is -1.16. The maximum atomic E-state index is 5.72. The van der Waals surface area contributed by atoms with Crippen LogP contribution in [-0.4, -0.2) is 88.0 Å². The molecule has 0 aromatic heterocycles. The molecular weight excluding hydrogens is 479 g/mol. The van der Waals surface area contributed by atoms with Crippen molar-refractivity contribution in [3.8, 4) is 0 Å². The fourth-order valence-corrected chi connectivity index (χ4v) is 3.60. The van der Waals surface area contributed by atoms with Crippen LogP contribution in [0.4, 0.5) is 0 Å². The molecule has 0 aliphatic carbocycles. The predicted octanol–water partition coefficient (Wildman–Crippen LogP) is 2.71. The lowest BCUT2D eigenvalue weighted by Crippen LogP contribution is -2.52. The van der Waals surface area contributed by atoms with Crippen molar-refractivity contribution >= 4 is 36.0 Å². The van der Waals surface area contributed by atoms with Crippen LogP contribution in [0, 0.1) is 0 Å². The summed E-state index contributed by atoms with van der Waals surface area (Å²) in [5.74, 6) is 0.972.